The van der Waals surface area contributed by atoms with Crippen LogP contribution in [0.1, 0.15) is 11.1 Å². The van der Waals surface area contributed by atoms with Crippen LogP contribution in [0.3, 0.4) is 0 Å². The first-order chi connectivity index (χ1) is 6.88. The van der Waals surface area contributed by atoms with Crippen molar-refractivity contribution in [1.82, 2.24) is 0 Å². The van der Waals surface area contributed by atoms with E-state index in [0.29, 0.717) is 0 Å². The molecule has 88 valence electrons. The molecule has 0 aromatic heterocycles. The molecule has 0 heterocycles. The number of aliphatic hydroxyl groups excluding tert-OH is 2. The van der Waals surface area contributed by atoms with Gasteiger partial charge >= 0.3 is 0 Å². The molecule has 3 heteroatoms. The fourth-order valence-corrected chi connectivity index (χ4v) is 1.12. The van der Waals surface area contributed by atoms with Crippen molar-refractivity contribution in [2.75, 3.05) is 0 Å². The van der Waals surface area contributed by atoms with E-state index in [0.717, 1.165) is 11.1 Å². The summed E-state index contributed by atoms with van der Waals surface area (Å²) in [6.07, 6.45) is 0. The topological polar surface area (TPSA) is 40.5 Å². The third-order valence-electron chi connectivity index (χ3n) is 1.90. The summed E-state index contributed by atoms with van der Waals surface area (Å²) < 4.78 is 0. The molecule has 0 aliphatic heterocycles. The predicted molar refractivity (Wildman–Crippen MR) is 55.9 cm³/mol. The Hall–Kier alpha value is -0.861. The Labute approximate surface area is 100 Å². The predicted octanol–water partition coefficient (Wildman–Crippen LogP) is 1.79. The van der Waals surface area contributed by atoms with Gasteiger partial charge in [0.15, 0.2) is 0 Å². The van der Waals surface area contributed by atoms with E-state index < -0.39 is 0 Å². The summed E-state index contributed by atoms with van der Waals surface area (Å²) in [4.78, 5) is 0. The van der Waals surface area contributed by atoms with Gasteiger partial charge in [0.1, 0.15) is 0 Å². The molecule has 0 saturated carbocycles. The molecule has 2 nitrogen and oxygen atoms in total. The van der Waals surface area contributed by atoms with Gasteiger partial charge in [-0.3, -0.25) is 0 Å². The van der Waals surface area contributed by atoms with Gasteiger partial charge in [-0.2, -0.15) is 6.07 Å². The van der Waals surface area contributed by atoms with Crippen molar-refractivity contribution in [1.29, 1.82) is 0 Å². The van der Waals surface area contributed by atoms with Gasteiger partial charge in [-0.25, -0.2) is 12.1 Å². The van der Waals surface area contributed by atoms with Crippen molar-refractivity contribution in [3.05, 3.63) is 59.7 Å². The van der Waals surface area contributed by atoms with Gasteiger partial charge in [0.05, 0.1) is 0 Å². The quantitative estimate of drug-likeness (QED) is 0.626. The second-order valence-electron chi connectivity index (χ2n) is 2.85. The van der Waals surface area contributed by atoms with Crippen LogP contribution in [-0.4, -0.2) is 10.2 Å². The molecule has 2 rings (SSSR count). The smallest absolute Gasteiger partial charge is 0.0455 e. The zero-order valence-electron chi connectivity index (χ0n) is 8.28. The molecule has 0 amide bonds. The average molecular weight is 246 g/mol. The molecule has 2 N–H and O–H groups in total. The molecule has 0 bridgehead atoms. The Bertz CT molecular complexity index is 289. The summed E-state index contributed by atoms with van der Waals surface area (Å²) >= 11 is 0. The van der Waals surface area contributed by atoms with E-state index in [9.17, 15) is 0 Å². The Morgan fingerprint density at radius 3 is 1.93 bits per heavy atom. The minimum Gasteiger partial charge on any atom is -0.748 e. The molecule has 0 aliphatic carbocycles. The van der Waals surface area contributed by atoms with Crippen LogP contribution in [0.2, 0.25) is 0 Å². The van der Waals surface area contributed by atoms with Crippen LogP contribution in [0.5, 0.6) is 0 Å². The summed E-state index contributed by atoms with van der Waals surface area (Å²) in [5.41, 5.74) is 1.63. The van der Waals surface area contributed by atoms with Crippen LogP contribution < -0.4 is 0 Å². The number of rotatable bonds is 2. The van der Waals surface area contributed by atoms with Crippen molar-refractivity contribution < 1.29 is 27.3 Å². The molecular weight excluding hydrogens is 232 g/mol. The summed E-state index contributed by atoms with van der Waals surface area (Å²) in [5, 5.41) is 17.3. The number of hydrogen-bond donors (Lipinski definition) is 2. The van der Waals surface area contributed by atoms with Crippen LogP contribution >= 0.6 is 0 Å². The van der Waals surface area contributed by atoms with E-state index in [-0.39, 0.29) is 30.3 Å². The first-order valence-electron chi connectivity index (χ1n) is 4.50. The first kappa shape index (κ1) is 14.1. The normalized spacial score (nSPS) is 8.67. The van der Waals surface area contributed by atoms with E-state index >= 15 is 0 Å². The van der Waals surface area contributed by atoms with Gasteiger partial charge < -0.3 is 40.5 Å². The monoisotopic (exact) mass is 246 g/mol. The second kappa shape index (κ2) is 8.45. The van der Waals surface area contributed by atoms with Crippen molar-refractivity contribution in [3.63, 3.8) is 0 Å². The van der Waals surface area contributed by atoms with Gasteiger partial charge in [0.25, 0.3) is 0 Å². The molecule has 0 saturated heterocycles. The molecule has 0 unspecified atom stereocenters. The maximum Gasteiger partial charge on any atom is 0.0455 e. The Morgan fingerprint density at radius 1 is 1.07 bits per heavy atom. The van der Waals surface area contributed by atoms with Gasteiger partial charge in [-0.15, -0.1) is 11.1 Å². The number of aliphatic hydroxyl groups is 2. The minimum absolute atomic E-state index is 0. The van der Waals surface area contributed by atoms with Crippen molar-refractivity contribution in [2.45, 2.75) is 13.2 Å². The maximum absolute atomic E-state index is 8.63. The van der Waals surface area contributed by atoms with Gasteiger partial charge in [0, 0.05) is 30.3 Å². The fraction of sp³-hybridized carbons (Fsp3) is 0.167. The van der Waals surface area contributed by atoms with Crippen LogP contribution in [0, 0.1) is 0 Å². The Morgan fingerprint density at radius 2 is 1.60 bits per heavy atom. The van der Waals surface area contributed by atoms with Crippen LogP contribution in [0.15, 0.2) is 48.5 Å². The molecule has 15 heavy (non-hydrogen) atoms. The standard InChI is InChI=1S/C7H9O2.C5H5.Fe/c8-4-6-2-1-3-7(6)5-9;1-2-4-5-3-1;/h1-3,8-9H,4-5H2;1-5H;/q-1;-5;. The molecule has 2 aromatic rings. The molecule has 0 aliphatic rings. The van der Waals surface area contributed by atoms with Crippen LogP contribution in [-0.2, 0) is 30.3 Å². The van der Waals surface area contributed by atoms with E-state index in [2.05, 4.69) is 0 Å². The Balaban J connectivity index is 0.000000280. The summed E-state index contributed by atoms with van der Waals surface area (Å²) in [6.45, 7) is 0.0335. The molecule has 0 spiro atoms. The molecule has 0 fully saturated rings. The molecular formula is C12H14FeO2-6. The average Bonchev–Trinajstić information content (AvgIpc) is 2.91. The first-order valence-corrected chi connectivity index (χ1v) is 4.50. The zero-order valence-corrected chi connectivity index (χ0v) is 9.39. The SMILES string of the molecule is OCc1ccc[c-]1CO.[Fe].[cH-]1[cH-][cH-][cH-][cH-]1. The summed E-state index contributed by atoms with van der Waals surface area (Å²) in [6, 6.07) is 15.4. The van der Waals surface area contributed by atoms with E-state index in [1.54, 1.807) is 12.1 Å². The minimum atomic E-state index is 0. The second-order valence-corrected chi connectivity index (χ2v) is 2.85. The van der Waals surface area contributed by atoms with E-state index in [4.69, 9.17) is 10.2 Å². The molecule has 0 atom stereocenters. The number of hydrogen-bond acceptors (Lipinski definition) is 2. The summed E-state index contributed by atoms with van der Waals surface area (Å²) in [5.74, 6) is 0. The van der Waals surface area contributed by atoms with Gasteiger partial charge in [-0.1, -0.05) is 0 Å². The van der Waals surface area contributed by atoms with Crippen molar-refractivity contribution in [3.8, 4) is 0 Å². The van der Waals surface area contributed by atoms with Crippen molar-refractivity contribution >= 4 is 0 Å². The Kier molecular flexibility index (Phi) is 7.96. The molecule has 2 aromatic carbocycles. The fourth-order valence-electron chi connectivity index (χ4n) is 1.12. The summed E-state index contributed by atoms with van der Waals surface area (Å²) in [7, 11) is 0. The van der Waals surface area contributed by atoms with Crippen LogP contribution in [0.25, 0.3) is 0 Å². The van der Waals surface area contributed by atoms with Gasteiger partial charge in [0.2, 0.25) is 0 Å². The third kappa shape index (κ3) is 4.96. The van der Waals surface area contributed by atoms with Crippen LogP contribution in [0.4, 0.5) is 0 Å². The van der Waals surface area contributed by atoms with E-state index in [1.165, 1.54) is 0 Å². The zero-order chi connectivity index (χ0) is 10.2. The largest absolute Gasteiger partial charge is 0.748 e. The maximum atomic E-state index is 8.63. The molecule has 0 radical (unpaired) electrons. The van der Waals surface area contributed by atoms with Crippen molar-refractivity contribution in [2.24, 2.45) is 0 Å². The third-order valence-corrected chi connectivity index (χ3v) is 1.90. The van der Waals surface area contributed by atoms with Gasteiger partial charge in [-0.05, 0) is 0 Å². The van der Waals surface area contributed by atoms with E-state index in [1.807, 2.05) is 36.4 Å².